The smallest absolute Gasteiger partial charge is 0.228 e. The van der Waals surface area contributed by atoms with E-state index in [9.17, 15) is 4.79 Å². The molecule has 0 unspecified atom stereocenters. The zero-order valence-electron chi connectivity index (χ0n) is 16.5. The summed E-state index contributed by atoms with van der Waals surface area (Å²) in [4.78, 5) is 21.0. The van der Waals surface area contributed by atoms with Crippen LogP contribution in [-0.4, -0.2) is 42.4 Å². The molecule has 152 valence electrons. The van der Waals surface area contributed by atoms with E-state index in [-0.39, 0.29) is 11.8 Å². The molecular formula is C20H20N8O2. The lowest BCUT2D eigenvalue weighted by Crippen LogP contribution is -2.15. The van der Waals surface area contributed by atoms with Crippen molar-refractivity contribution in [3.63, 3.8) is 0 Å². The van der Waals surface area contributed by atoms with Crippen molar-refractivity contribution >= 4 is 28.9 Å². The number of benzene rings is 1. The molecule has 2 N–H and O–H groups in total. The van der Waals surface area contributed by atoms with Gasteiger partial charge in [0.15, 0.2) is 17.2 Å². The number of ether oxygens (including phenoxy) is 1. The first-order chi connectivity index (χ1) is 14.6. The third-order valence-corrected chi connectivity index (χ3v) is 4.88. The Morgan fingerprint density at radius 1 is 1.27 bits per heavy atom. The zero-order chi connectivity index (χ0) is 20.7. The van der Waals surface area contributed by atoms with Gasteiger partial charge in [0.2, 0.25) is 5.91 Å². The normalized spacial score (nSPS) is 13.4. The molecule has 1 aliphatic carbocycles. The van der Waals surface area contributed by atoms with E-state index in [0.29, 0.717) is 34.5 Å². The van der Waals surface area contributed by atoms with Gasteiger partial charge in [-0.1, -0.05) is 6.07 Å². The van der Waals surface area contributed by atoms with Crippen LogP contribution in [0.5, 0.6) is 5.75 Å². The molecule has 30 heavy (non-hydrogen) atoms. The Morgan fingerprint density at radius 3 is 2.87 bits per heavy atom. The van der Waals surface area contributed by atoms with Crippen LogP contribution in [0.25, 0.3) is 17.0 Å². The molecule has 0 radical (unpaired) electrons. The van der Waals surface area contributed by atoms with Gasteiger partial charge in [0.25, 0.3) is 0 Å². The van der Waals surface area contributed by atoms with Gasteiger partial charge in [-0.05, 0) is 25.0 Å². The number of aromatic nitrogens is 6. The lowest BCUT2D eigenvalue weighted by molar-refractivity contribution is -0.117. The van der Waals surface area contributed by atoms with Crippen molar-refractivity contribution in [2.24, 2.45) is 13.0 Å². The Hall–Kier alpha value is -3.95. The number of anilines is 3. The minimum absolute atomic E-state index is 0.00174. The van der Waals surface area contributed by atoms with Crippen molar-refractivity contribution < 1.29 is 9.53 Å². The fourth-order valence-electron chi connectivity index (χ4n) is 3.27. The van der Waals surface area contributed by atoms with E-state index in [1.165, 1.54) is 0 Å². The summed E-state index contributed by atoms with van der Waals surface area (Å²) in [5.74, 6) is 2.37. The number of amides is 1. The third kappa shape index (κ3) is 3.32. The third-order valence-electron chi connectivity index (χ3n) is 4.88. The molecule has 0 spiro atoms. The second-order valence-corrected chi connectivity index (χ2v) is 7.14. The molecule has 0 bridgehead atoms. The number of aryl methyl sites for hydroxylation is 1. The van der Waals surface area contributed by atoms with Gasteiger partial charge in [0.05, 0.1) is 24.6 Å². The second kappa shape index (κ2) is 7.14. The van der Waals surface area contributed by atoms with E-state index in [0.717, 1.165) is 18.4 Å². The van der Waals surface area contributed by atoms with Crippen molar-refractivity contribution in [3.05, 3.63) is 42.9 Å². The Balaban J connectivity index is 1.53. The van der Waals surface area contributed by atoms with Gasteiger partial charge in [-0.3, -0.25) is 9.48 Å². The fraction of sp³-hybridized carbons (Fsp3) is 0.250. The minimum atomic E-state index is -0.00174. The molecule has 0 saturated heterocycles. The summed E-state index contributed by atoms with van der Waals surface area (Å²) >= 11 is 0. The maximum Gasteiger partial charge on any atom is 0.228 e. The second-order valence-electron chi connectivity index (χ2n) is 7.14. The highest BCUT2D eigenvalue weighted by atomic mass is 16.5. The molecule has 0 aliphatic heterocycles. The van der Waals surface area contributed by atoms with Crippen molar-refractivity contribution in [2.75, 3.05) is 17.7 Å². The van der Waals surface area contributed by atoms with E-state index in [4.69, 9.17) is 4.74 Å². The van der Waals surface area contributed by atoms with Gasteiger partial charge >= 0.3 is 0 Å². The number of nitrogens with one attached hydrogen (secondary N) is 2. The average molecular weight is 404 g/mol. The number of hydrogen-bond acceptors (Lipinski definition) is 7. The van der Waals surface area contributed by atoms with Crippen molar-refractivity contribution in [3.8, 4) is 17.1 Å². The number of rotatable bonds is 6. The van der Waals surface area contributed by atoms with E-state index in [2.05, 4.69) is 30.8 Å². The molecule has 10 nitrogen and oxygen atoms in total. The SMILES string of the molecule is COc1c(Nc2cc(NC(=O)C3CC3)nc3ccnn23)cccc1-c1ncn(C)n1. The standard InChI is InChI=1S/C20H20N8O2/c1-27-11-21-19(26-27)13-4-3-5-14(18(13)30-2)23-17-10-15(25-20(29)12-6-7-12)24-16-8-9-22-28(16)17/h3-5,8-12,23H,6-7H2,1-2H3,(H,24,25,29). The van der Waals surface area contributed by atoms with Crippen LogP contribution in [-0.2, 0) is 11.8 Å². The van der Waals surface area contributed by atoms with Crippen LogP contribution < -0.4 is 15.4 Å². The average Bonchev–Trinajstić information content (AvgIpc) is 3.34. The van der Waals surface area contributed by atoms with E-state index < -0.39 is 0 Å². The number of hydrogen-bond donors (Lipinski definition) is 2. The van der Waals surface area contributed by atoms with Gasteiger partial charge in [0.1, 0.15) is 18.0 Å². The maximum atomic E-state index is 12.2. The van der Waals surface area contributed by atoms with Crippen molar-refractivity contribution in [2.45, 2.75) is 12.8 Å². The summed E-state index contributed by atoms with van der Waals surface area (Å²) < 4.78 is 8.98. The van der Waals surface area contributed by atoms with Gasteiger partial charge in [0, 0.05) is 25.1 Å². The van der Waals surface area contributed by atoms with Crippen LogP contribution in [0.3, 0.4) is 0 Å². The van der Waals surface area contributed by atoms with E-state index >= 15 is 0 Å². The minimum Gasteiger partial charge on any atom is -0.494 e. The molecule has 1 saturated carbocycles. The molecular weight excluding hydrogens is 384 g/mol. The quantitative estimate of drug-likeness (QED) is 0.508. The number of carbonyl (C=O) groups excluding carboxylic acids is 1. The van der Waals surface area contributed by atoms with Crippen molar-refractivity contribution in [1.29, 1.82) is 0 Å². The van der Waals surface area contributed by atoms with Crippen LogP contribution in [0, 0.1) is 5.92 Å². The molecule has 3 aromatic heterocycles. The number of carbonyl (C=O) groups is 1. The highest BCUT2D eigenvalue weighted by Gasteiger charge is 2.30. The molecule has 1 aliphatic rings. The first kappa shape index (κ1) is 18.1. The topological polar surface area (TPSA) is 111 Å². The number of para-hydroxylation sites is 1. The fourth-order valence-corrected chi connectivity index (χ4v) is 3.27. The summed E-state index contributed by atoms with van der Waals surface area (Å²) in [6.45, 7) is 0. The number of fused-ring (bicyclic) bond motifs is 1. The Bertz CT molecular complexity index is 1240. The predicted octanol–water partition coefficient (Wildman–Crippen LogP) is 2.63. The van der Waals surface area contributed by atoms with Gasteiger partial charge in [-0.25, -0.2) is 9.97 Å². The molecule has 0 atom stereocenters. The Morgan fingerprint density at radius 2 is 2.13 bits per heavy atom. The summed E-state index contributed by atoms with van der Waals surface area (Å²) in [5.41, 5.74) is 2.09. The van der Waals surface area contributed by atoms with Crippen molar-refractivity contribution in [1.82, 2.24) is 29.4 Å². The summed E-state index contributed by atoms with van der Waals surface area (Å²) in [7, 11) is 3.41. The Kier molecular flexibility index (Phi) is 4.31. The van der Waals surface area contributed by atoms with Crippen LogP contribution >= 0.6 is 0 Å². The molecule has 4 aromatic rings. The summed E-state index contributed by atoms with van der Waals surface area (Å²) in [6.07, 6.45) is 5.15. The van der Waals surface area contributed by atoms with Crippen LogP contribution in [0.4, 0.5) is 17.3 Å². The van der Waals surface area contributed by atoms with E-state index in [1.807, 2.05) is 25.2 Å². The van der Waals surface area contributed by atoms with Gasteiger partial charge in [-0.2, -0.15) is 14.7 Å². The largest absolute Gasteiger partial charge is 0.494 e. The highest BCUT2D eigenvalue weighted by Crippen LogP contribution is 2.37. The predicted molar refractivity (Wildman–Crippen MR) is 111 cm³/mol. The lowest BCUT2D eigenvalue weighted by atomic mass is 10.1. The molecule has 1 fully saturated rings. The first-order valence-electron chi connectivity index (χ1n) is 9.58. The number of nitrogens with zero attached hydrogens (tertiary/aromatic N) is 6. The van der Waals surface area contributed by atoms with Crippen LogP contribution in [0.15, 0.2) is 42.9 Å². The highest BCUT2D eigenvalue weighted by molar-refractivity contribution is 5.94. The number of methoxy groups -OCH3 is 1. The zero-order valence-corrected chi connectivity index (χ0v) is 16.5. The monoisotopic (exact) mass is 404 g/mol. The van der Waals surface area contributed by atoms with E-state index in [1.54, 1.807) is 41.0 Å². The molecule has 5 rings (SSSR count). The molecule has 1 amide bonds. The first-order valence-corrected chi connectivity index (χ1v) is 9.58. The maximum absolute atomic E-state index is 12.2. The van der Waals surface area contributed by atoms with Crippen LogP contribution in [0.2, 0.25) is 0 Å². The summed E-state index contributed by atoms with van der Waals surface area (Å²) in [5, 5.41) is 14.9. The van der Waals surface area contributed by atoms with Gasteiger partial charge in [-0.15, -0.1) is 0 Å². The molecule has 1 aromatic carbocycles. The van der Waals surface area contributed by atoms with Crippen LogP contribution in [0.1, 0.15) is 12.8 Å². The lowest BCUT2D eigenvalue weighted by Gasteiger charge is -2.15. The summed E-state index contributed by atoms with van der Waals surface area (Å²) in [6, 6.07) is 9.23. The Labute approximate surface area is 171 Å². The molecule has 3 heterocycles. The van der Waals surface area contributed by atoms with Gasteiger partial charge < -0.3 is 15.4 Å². The molecule has 10 heteroatoms.